The lowest BCUT2D eigenvalue weighted by Gasteiger charge is -2.17. The zero-order valence-electron chi connectivity index (χ0n) is 22.1. The van der Waals surface area contributed by atoms with E-state index in [-0.39, 0.29) is 39.5 Å². The van der Waals surface area contributed by atoms with Crippen molar-refractivity contribution < 1.29 is 33.0 Å². The predicted octanol–water partition coefficient (Wildman–Crippen LogP) is 7.14. The van der Waals surface area contributed by atoms with Gasteiger partial charge in [0.1, 0.15) is 5.75 Å². The minimum absolute atomic E-state index is 0.000552. The molecule has 0 saturated heterocycles. The lowest BCUT2D eigenvalue weighted by atomic mass is 9.92. The highest BCUT2D eigenvalue weighted by Crippen LogP contribution is 2.45. The minimum Gasteiger partial charge on any atom is -0.505 e. The number of halogens is 3. The molecule has 1 aliphatic heterocycles. The molecule has 10 heteroatoms. The number of carbonyl (C=O) groups excluding carboxylic acids is 1. The van der Waals surface area contributed by atoms with E-state index in [1.165, 1.54) is 18.2 Å². The van der Waals surface area contributed by atoms with Gasteiger partial charge in [0.05, 0.1) is 22.5 Å². The predicted molar refractivity (Wildman–Crippen MR) is 150 cm³/mol. The molecule has 0 saturated carbocycles. The fourth-order valence-electron chi connectivity index (χ4n) is 4.82. The zero-order chi connectivity index (χ0) is 29.6. The quantitative estimate of drug-likeness (QED) is 0.154. The largest absolute Gasteiger partial charge is 0.505 e. The summed E-state index contributed by atoms with van der Waals surface area (Å²) in [6.45, 7) is 5.30. The van der Waals surface area contributed by atoms with Gasteiger partial charge in [-0.1, -0.05) is 42.5 Å². The molecule has 1 amide bonds. The first kappa shape index (κ1) is 27.4. The lowest BCUT2D eigenvalue weighted by molar-refractivity contribution is -0.137. The normalized spacial score (nSPS) is 13.7. The van der Waals surface area contributed by atoms with Crippen LogP contribution in [0, 0.1) is 20.8 Å². The van der Waals surface area contributed by atoms with Crippen molar-refractivity contribution in [2.75, 3.05) is 10.7 Å². The second-order valence-corrected chi connectivity index (χ2v) is 9.77. The third-order valence-corrected chi connectivity index (χ3v) is 7.11. The van der Waals surface area contributed by atoms with Crippen LogP contribution in [-0.4, -0.2) is 27.8 Å². The Morgan fingerprint density at radius 2 is 1.59 bits per heavy atom. The molecule has 7 nitrogen and oxygen atoms in total. The number of nitrogens with zero attached hydrogens (tertiary/aromatic N) is 1. The Morgan fingerprint density at radius 3 is 2.24 bits per heavy atom. The number of aromatic carboxylic acids is 1. The molecule has 5 rings (SSSR count). The second-order valence-electron chi connectivity index (χ2n) is 9.77. The molecule has 41 heavy (non-hydrogen) atoms. The molecule has 208 valence electrons. The number of carboxylic acids is 1. The Morgan fingerprint density at radius 1 is 0.878 bits per heavy atom. The van der Waals surface area contributed by atoms with Gasteiger partial charge in [0.15, 0.2) is 5.71 Å². The summed E-state index contributed by atoms with van der Waals surface area (Å²) in [6, 6.07) is 16.5. The molecule has 0 atom stereocenters. The number of fused-ring (bicyclic) bond motifs is 1. The van der Waals surface area contributed by atoms with Crippen LogP contribution < -0.4 is 10.7 Å². The molecular formula is C31H24F3N3O4. The Labute approximate surface area is 233 Å². The lowest BCUT2D eigenvalue weighted by Crippen LogP contribution is -2.16. The van der Waals surface area contributed by atoms with Gasteiger partial charge in [-0.25, -0.2) is 4.79 Å². The minimum atomic E-state index is -4.67. The van der Waals surface area contributed by atoms with Gasteiger partial charge in [-0.05, 0) is 72.9 Å². The van der Waals surface area contributed by atoms with Crippen LogP contribution in [0.25, 0.3) is 22.3 Å². The Kier molecular flexibility index (Phi) is 6.78. The van der Waals surface area contributed by atoms with Crippen molar-refractivity contribution in [1.82, 2.24) is 0 Å². The molecule has 0 aliphatic carbocycles. The average Bonchev–Trinajstić information content (AvgIpc) is 3.23. The Bertz CT molecular complexity index is 1780. The number of nitrogens with one attached hydrogen (secondary N) is 2. The fourth-order valence-corrected chi connectivity index (χ4v) is 4.82. The number of hydrazone groups is 1. The highest BCUT2D eigenvalue weighted by Gasteiger charge is 2.39. The van der Waals surface area contributed by atoms with Crippen molar-refractivity contribution in [3.63, 3.8) is 0 Å². The zero-order valence-corrected chi connectivity index (χ0v) is 22.1. The van der Waals surface area contributed by atoms with Crippen LogP contribution in [0.15, 0.2) is 71.8 Å². The molecule has 0 radical (unpaired) electrons. The molecule has 4 aromatic rings. The standard InChI is InChI=1S/C31H24F3N3O4/c1-15-7-8-19(13-16(15)2)25-23(31(32,33)34)12-11-22-26(25)35-29(39)27(22)37-36-24-6-4-5-21(28(24)38)18-9-10-20(30(40)41)17(3)14-18/h4-14,36,38H,1-3H3,(H,40,41)(H,35,37,39). The Balaban J connectivity index is 1.55. The van der Waals surface area contributed by atoms with Gasteiger partial charge in [0.2, 0.25) is 0 Å². The van der Waals surface area contributed by atoms with Gasteiger partial charge in [-0.2, -0.15) is 18.3 Å². The van der Waals surface area contributed by atoms with Crippen LogP contribution in [0.5, 0.6) is 5.75 Å². The second kappa shape index (κ2) is 10.1. The first-order valence-corrected chi connectivity index (χ1v) is 12.5. The van der Waals surface area contributed by atoms with Gasteiger partial charge in [0.25, 0.3) is 5.91 Å². The highest BCUT2D eigenvalue weighted by atomic mass is 19.4. The van der Waals surface area contributed by atoms with Crippen LogP contribution in [0.3, 0.4) is 0 Å². The fraction of sp³-hybridized carbons (Fsp3) is 0.129. The van der Waals surface area contributed by atoms with Crippen LogP contribution in [0.4, 0.5) is 24.5 Å². The molecule has 0 spiro atoms. The van der Waals surface area contributed by atoms with Crippen molar-refractivity contribution >= 4 is 29.0 Å². The van der Waals surface area contributed by atoms with E-state index in [4.69, 9.17) is 0 Å². The summed E-state index contributed by atoms with van der Waals surface area (Å²) in [7, 11) is 0. The van der Waals surface area contributed by atoms with Crippen molar-refractivity contribution in [2.45, 2.75) is 26.9 Å². The summed E-state index contributed by atoms with van der Waals surface area (Å²) in [5.74, 6) is -1.98. The van der Waals surface area contributed by atoms with E-state index in [9.17, 15) is 33.0 Å². The molecule has 4 aromatic carbocycles. The number of amides is 1. The number of hydrogen-bond acceptors (Lipinski definition) is 5. The van der Waals surface area contributed by atoms with Crippen LogP contribution in [0.2, 0.25) is 0 Å². The van der Waals surface area contributed by atoms with Gasteiger partial charge in [-0.3, -0.25) is 10.2 Å². The maximum atomic E-state index is 14.0. The summed E-state index contributed by atoms with van der Waals surface area (Å²) in [5.41, 5.74) is 5.40. The number of anilines is 2. The number of phenolic OH excluding ortho intramolecular Hbond substituents is 1. The molecule has 0 bridgehead atoms. The Hall–Kier alpha value is -5.12. The summed E-state index contributed by atoms with van der Waals surface area (Å²) in [6.07, 6.45) is -4.67. The molecular weight excluding hydrogens is 535 g/mol. The topological polar surface area (TPSA) is 111 Å². The van der Waals surface area contributed by atoms with E-state index >= 15 is 0 Å². The number of phenols is 1. The van der Waals surface area contributed by atoms with E-state index < -0.39 is 23.6 Å². The van der Waals surface area contributed by atoms with Crippen molar-refractivity contribution in [3.05, 3.63) is 100 Å². The smallest absolute Gasteiger partial charge is 0.417 e. The van der Waals surface area contributed by atoms with Crippen LogP contribution in [0.1, 0.15) is 38.2 Å². The number of rotatable bonds is 5. The van der Waals surface area contributed by atoms with Gasteiger partial charge in [-0.15, -0.1) is 0 Å². The summed E-state index contributed by atoms with van der Waals surface area (Å²) >= 11 is 0. The summed E-state index contributed by atoms with van der Waals surface area (Å²) in [5, 5.41) is 26.9. The van der Waals surface area contributed by atoms with Crippen LogP contribution in [-0.2, 0) is 11.0 Å². The highest BCUT2D eigenvalue weighted by molar-refractivity contribution is 6.54. The number of alkyl halides is 3. The number of para-hydroxylation sites is 1. The molecule has 0 unspecified atom stereocenters. The average molecular weight is 560 g/mol. The van der Waals surface area contributed by atoms with E-state index in [0.717, 1.165) is 17.2 Å². The van der Waals surface area contributed by atoms with E-state index in [2.05, 4.69) is 15.8 Å². The van der Waals surface area contributed by atoms with Gasteiger partial charge < -0.3 is 15.5 Å². The van der Waals surface area contributed by atoms with E-state index in [0.29, 0.717) is 22.3 Å². The SMILES string of the molecule is Cc1ccc(-c2c(C(F)(F)F)ccc3c2NC(=O)C3=NNc2cccc(-c3ccc(C(=O)O)c(C)c3)c2O)cc1C. The van der Waals surface area contributed by atoms with Crippen molar-refractivity contribution in [1.29, 1.82) is 0 Å². The first-order chi connectivity index (χ1) is 19.4. The third kappa shape index (κ3) is 5.00. The molecule has 1 heterocycles. The molecule has 0 aromatic heterocycles. The first-order valence-electron chi connectivity index (χ1n) is 12.5. The van der Waals surface area contributed by atoms with Gasteiger partial charge in [0, 0.05) is 16.7 Å². The van der Waals surface area contributed by atoms with E-state index in [1.54, 1.807) is 56.3 Å². The number of carbonyl (C=O) groups is 2. The van der Waals surface area contributed by atoms with Crippen molar-refractivity contribution in [3.8, 4) is 28.0 Å². The molecule has 0 fully saturated rings. The van der Waals surface area contributed by atoms with E-state index in [1.807, 2.05) is 6.92 Å². The number of aromatic hydroxyl groups is 1. The molecule has 1 aliphatic rings. The summed E-state index contributed by atoms with van der Waals surface area (Å²) < 4.78 is 42.1. The number of benzene rings is 4. The maximum Gasteiger partial charge on any atom is 0.417 e. The monoisotopic (exact) mass is 559 g/mol. The molecule has 4 N–H and O–H groups in total. The number of aryl methyl sites for hydroxylation is 3. The van der Waals surface area contributed by atoms with Crippen molar-refractivity contribution in [2.24, 2.45) is 5.10 Å². The number of hydrogen-bond donors (Lipinski definition) is 4. The number of carboxylic acid groups (broad SMARTS) is 1. The third-order valence-electron chi connectivity index (χ3n) is 7.11. The maximum absolute atomic E-state index is 14.0. The van der Waals surface area contributed by atoms with Gasteiger partial charge >= 0.3 is 12.1 Å². The summed E-state index contributed by atoms with van der Waals surface area (Å²) in [4.78, 5) is 24.3. The van der Waals surface area contributed by atoms with Crippen LogP contribution >= 0.6 is 0 Å².